The summed E-state index contributed by atoms with van der Waals surface area (Å²) in [5.74, 6) is -1.29. The lowest BCUT2D eigenvalue weighted by atomic mass is 9.82. The van der Waals surface area contributed by atoms with Gasteiger partial charge in [0.25, 0.3) is 0 Å². The van der Waals surface area contributed by atoms with Gasteiger partial charge >= 0.3 is 6.03 Å². The fourth-order valence-electron chi connectivity index (χ4n) is 5.15. The van der Waals surface area contributed by atoms with Crippen molar-refractivity contribution in [1.29, 1.82) is 0 Å². The average Bonchev–Trinajstić information content (AvgIpc) is 3.52. The summed E-state index contributed by atoms with van der Waals surface area (Å²) >= 11 is 0. The third kappa shape index (κ3) is 4.22. The number of likely N-dealkylation sites (tertiary alicyclic amines) is 1. The van der Waals surface area contributed by atoms with Crippen molar-refractivity contribution in [1.82, 2.24) is 30.0 Å². The number of urea groups is 1. The van der Waals surface area contributed by atoms with Crippen LogP contribution < -0.4 is 15.8 Å². The van der Waals surface area contributed by atoms with Gasteiger partial charge in [0.15, 0.2) is 23.2 Å². The van der Waals surface area contributed by atoms with Crippen molar-refractivity contribution < 1.29 is 18.3 Å². The molecule has 3 N–H and O–H groups in total. The maximum atomic E-state index is 14.2. The maximum Gasteiger partial charge on any atom is 0.317 e. The van der Waals surface area contributed by atoms with Crippen LogP contribution in [0.15, 0.2) is 30.7 Å². The summed E-state index contributed by atoms with van der Waals surface area (Å²) in [6.07, 6.45) is 4.32. The number of fused-ring (bicyclic) bond motifs is 2. The summed E-state index contributed by atoms with van der Waals surface area (Å²) < 4.78 is 36.1. The van der Waals surface area contributed by atoms with E-state index in [0.717, 1.165) is 37.5 Å². The number of nitrogens with one attached hydrogen (secondary N) is 1. The van der Waals surface area contributed by atoms with Crippen LogP contribution in [0, 0.1) is 11.6 Å². The van der Waals surface area contributed by atoms with E-state index in [1.165, 1.54) is 6.92 Å². The molecule has 36 heavy (non-hydrogen) atoms. The van der Waals surface area contributed by atoms with Crippen LogP contribution in [0.25, 0.3) is 11.3 Å². The first-order valence-electron chi connectivity index (χ1n) is 12.0. The third-order valence-electron chi connectivity index (χ3n) is 6.96. The van der Waals surface area contributed by atoms with Gasteiger partial charge < -0.3 is 20.7 Å². The molecule has 2 aliphatic heterocycles. The zero-order chi connectivity index (χ0) is 25.6. The Bertz CT molecular complexity index is 1290. The molecule has 0 unspecified atom stereocenters. The summed E-state index contributed by atoms with van der Waals surface area (Å²) in [6, 6.07) is 3.75. The van der Waals surface area contributed by atoms with Gasteiger partial charge in [-0.15, -0.1) is 0 Å². The number of carbonyl (C=O) groups is 1. The van der Waals surface area contributed by atoms with Crippen LogP contribution in [-0.2, 0) is 12.0 Å². The van der Waals surface area contributed by atoms with Crippen molar-refractivity contribution in [2.24, 2.45) is 0 Å². The van der Waals surface area contributed by atoms with Gasteiger partial charge in [-0.05, 0) is 45.7 Å². The largest absolute Gasteiger partial charge is 0.482 e. The van der Waals surface area contributed by atoms with E-state index in [1.807, 2.05) is 29.5 Å². The van der Waals surface area contributed by atoms with Crippen LogP contribution in [0.3, 0.4) is 0 Å². The van der Waals surface area contributed by atoms with E-state index in [4.69, 9.17) is 15.6 Å². The standard InChI is InChI=1S/C25H29F2N7O2/c1-14(2)31-24(35)33-6-4-25(13-33)5-7-34-21(25)9-19(32-34)16-8-20(23(28)30-10-16)36-15(3)22-17(26)11-29-12-18(22)27/h8-12,14-15H,4-7,13H2,1-3H3,(H2,28,30)(H,31,35)/t15-,25-/m1/s1. The first kappa shape index (κ1) is 24.0. The summed E-state index contributed by atoms with van der Waals surface area (Å²) in [4.78, 5) is 22.1. The molecule has 0 bridgehead atoms. The molecule has 0 aliphatic carbocycles. The normalized spacial score (nSPS) is 19.7. The molecule has 2 atom stereocenters. The lowest BCUT2D eigenvalue weighted by Gasteiger charge is -2.24. The van der Waals surface area contributed by atoms with Gasteiger partial charge in [0.1, 0.15) is 6.10 Å². The van der Waals surface area contributed by atoms with Gasteiger partial charge in [-0.2, -0.15) is 5.10 Å². The van der Waals surface area contributed by atoms with E-state index in [1.54, 1.807) is 12.3 Å². The molecule has 2 amide bonds. The Morgan fingerprint density at radius 1 is 1.14 bits per heavy atom. The Kier molecular flexibility index (Phi) is 6.01. The summed E-state index contributed by atoms with van der Waals surface area (Å²) in [5, 5.41) is 7.74. The molecule has 3 aromatic rings. The van der Waals surface area contributed by atoms with Crippen LogP contribution in [0.4, 0.5) is 19.4 Å². The summed E-state index contributed by atoms with van der Waals surface area (Å²) in [5.41, 5.74) is 8.10. The number of ether oxygens (including phenoxy) is 1. The van der Waals surface area contributed by atoms with Crippen molar-refractivity contribution in [2.75, 3.05) is 18.8 Å². The Balaban J connectivity index is 1.38. The molecule has 1 spiro atoms. The van der Waals surface area contributed by atoms with Crippen molar-refractivity contribution in [3.8, 4) is 17.0 Å². The summed E-state index contributed by atoms with van der Waals surface area (Å²) in [7, 11) is 0. The quantitative estimate of drug-likeness (QED) is 0.555. The van der Waals surface area contributed by atoms with Crippen LogP contribution in [0.1, 0.15) is 51.0 Å². The van der Waals surface area contributed by atoms with E-state index in [2.05, 4.69) is 15.3 Å². The Hall–Kier alpha value is -3.76. The number of aryl methyl sites for hydroxylation is 1. The lowest BCUT2D eigenvalue weighted by molar-refractivity contribution is 0.203. The van der Waals surface area contributed by atoms with Gasteiger partial charge in [-0.1, -0.05) is 0 Å². The molecule has 0 saturated carbocycles. The lowest BCUT2D eigenvalue weighted by Crippen LogP contribution is -2.43. The molecule has 2 aliphatic rings. The Labute approximate surface area is 207 Å². The second-order valence-corrected chi connectivity index (χ2v) is 9.83. The average molecular weight is 498 g/mol. The van der Waals surface area contributed by atoms with E-state index < -0.39 is 17.7 Å². The topological polar surface area (TPSA) is 111 Å². The fraction of sp³-hybridized carbons (Fsp3) is 0.440. The molecule has 190 valence electrons. The monoisotopic (exact) mass is 497 g/mol. The van der Waals surface area contributed by atoms with Crippen LogP contribution in [0.5, 0.6) is 5.75 Å². The highest BCUT2D eigenvalue weighted by atomic mass is 19.1. The minimum atomic E-state index is -0.955. The predicted octanol–water partition coefficient (Wildman–Crippen LogP) is 3.81. The molecular formula is C25H29F2N7O2. The number of nitrogens with zero attached hydrogens (tertiary/aromatic N) is 5. The zero-order valence-electron chi connectivity index (χ0n) is 20.5. The first-order chi connectivity index (χ1) is 17.2. The highest BCUT2D eigenvalue weighted by Gasteiger charge is 2.47. The smallest absolute Gasteiger partial charge is 0.317 e. The molecular weight excluding hydrogens is 468 g/mol. The van der Waals surface area contributed by atoms with E-state index in [-0.39, 0.29) is 34.6 Å². The van der Waals surface area contributed by atoms with Gasteiger partial charge in [0, 0.05) is 48.5 Å². The fourth-order valence-corrected chi connectivity index (χ4v) is 5.15. The van der Waals surface area contributed by atoms with Crippen molar-refractivity contribution in [3.63, 3.8) is 0 Å². The van der Waals surface area contributed by atoms with Gasteiger partial charge in [0.05, 0.1) is 23.7 Å². The van der Waals surface area contributed by atoms with Crippen molar-refractivity contribution in [2.45, 2.75) is 57.7 Å². The number of hydrogen-bond acceptors (Lipinski definition) is 6. The number of rotatable bonds is 5. The van der Waals surface area contributed by atoms with Crippen LogP contribution in [-0.4, -0.2) is 49.8 Å². The van der Waals surface area contributed by atoms with Crippen LogP contribution in [0.2, 0.25) is 0 Å². The highest BCUT2D eigenvalue weighted by molar-refractivity contribution is 5.75. The molecule has 0 radical (unpaired) electrons. The number of pyridine rings is 2. The molecule has 9 nitrogen and oxygen atoms in total. The Morgan fingerprint density at radius 2 is 1.86 bits per heavy atom. The number of carbonyl (C=O) groups excluding carboxylic acids is 1. The third-order valence-corrected chi connectivity index (χ3v) is 6.96. The van der Waals surface area contributed by atoms with E-state index >= 15 is 0 Å². The van der Waals surface area contributed by atoms with Crippen LogP contribution >= 0.6 is 0 Å². The Morgan fingerprint density at radius 3 is 2.58 bits per heavy atom. The van der Waals surface area contributed by atoms with Crippen molar-refractivity contribution >= 4 is 11.8 Å². The number of nitrogens with two attached hydrogens (primary N) is 1. The van der Waals surface area contributed by atoms with Crippen molar-refractivity contribution in [3.05, 3.63) is 53.6 Å². The van der Waals surface area contributed by atoms with Gasteiger partial charge in [0.2, 0.25) is 0 Å². The van der Waals surface area contributed by atoms with Gasteiger partial charge in [-0.3, -0.25) is 9.67 Å². The second-order valence-electron chi connectivity index (χ2n) is 9.83. The second kappa shape index (κ2) is 9.03. The van der Waals surface area contributed by atoms with Gasteiger partial charge in [-0.25, -0.2) is 18.6 Å². The molecule has 11 heteroatoms. The number of halogens is 2. The molecule has 1 fully saturated rings. The molecule has 1 saturated heterocycles. The number of amides is 2. The number of anilines is 1. The maximum absolute atomic E-state index is 14.2. The number of nitrogen functional groups attached to an aromatic ring is 1. The zero-order valence-corrected chi connectivity index (χ0v) is 20.5. The molecule has 5 heterocycles. The molecule has 3 aromatic heterocycles. The van der Waals surface area contributed by atoms with E-state index in [9.17, 15) is 13.6 Å². The molecule has 0 aromatic carbocycles. The molecule has 5 rings (SSSR count). The highest BCUT2D eigenvalue weighted by Crippen LogP contribution is 2.44. The number of aromatic nitrogens is 4. The minimum absolute atomic E-state index is 0.0409. The first-order valence-corrected chi connectivity index (χ1v) is 12.0. The SMILES string of the molecule is CC(C)NC(=O)N1CC[C@@]2(CCn3nc(-c4cnc(N)c(O[C@H](C)c5c(F)cncc5F)c4)cc32)C1. The summed E-state index contributed by atoms with van der Waals surface area (Å²) in [6.45, 7) is 7.53. The minimum Gasteiger partial charge on any atom is -0.482 e. The van der Waals surface area contributed by atoms with E-state index in [0.29, 0.717) is 24.3 Å². The predicted molar refractivity (Wildman–Crippen MR) is 129 cm³/mol. The number of hydrogen-bond donors (Lipinski definition) is 2.